The van der Waals surface area contributed by atoms with Crippen molar-refractivity contribution in [3.63, 3.8) is 0 Å². The summed E-state index contributed by atoms with van der Waals surface area (Å²) in [4.78, 5) is 56.3. The first-order valence-electron chi connectivity index (χ1n) is 14.3. The molecule has 2 aromatic rings. The van der Waals surface area contributed by atoms with Crippen LogP contribution in [0.2, 0.25) is 5.02 Å². The summed E-state index contributed by atoms with van der Waals surface area (Å²) in [7, 11) is 3.12. The van der Waals surface area contributed by atoms with E-state index in [1.165, 1.54) is 13.2 Å². The van der Waals surface area contributed by atoms with Crippen LogP contribution < -0.4 is 20.7 Å². The fraction of sp³-hybridized carbons (Fsp3) is 0.406. The quantitative estimate of drug-likeness (QED) is 0.377. The molecule has 12 heteroatoms. The van der Waals surface area contributed by atoms with E-state index in [0.717, 1.165) is 5.56 Å². The number of likely N-dealkylation sites (N-methyl/N-ethyl adjacent to an activating group) is 1. The highest BCUT2D eigenvalue weighted by Crippen LogP contribution is 2.25. The van der Waals surface area contributed by atoms with Crippen molar-refractivity contribution in [3.05, 3.63) is 77.1 Å². The number of aromatic nitrogens is 1. The Morgan fingerprint density at radius 3 is 2.57 bits per heavy atom. The molecular weight excluding hydrogens is 588 g/mol. The van der Waals surface area contributed by atoms with E-state index in [1.54, 1.807) is 50.6 Å². The minimum atomic E-state index is -1.21. The number of benzene rings is 1. The average Bonchev–Trinajstić information content (AvgIpc) is 3.01. The maximum Gasteiger partial charge on any atom is 0.349 e. The van der Waals surface area contributed by atoms with Crippen molar-refractivity contribution in [2.75, 3.05) is 27.2 Å². The molecule has 1 aromatic heterocycles. The first kappa shape index (κ1) is 34.3. The monoisotopic (exact) mass is 626 g/mol. The molecule has 44 heavy (non-hydrogen) atoms. The summed E-state index contributed by atoms with van der Waals surface area (Å²) in [5.41, 5.74) is 1.61. The number of carbonyl (C=O) groups is 4. The molecule has 3 N–H and O–H groups in total. The van der Waals surface area contributed by atoms with Crippen LogP contribution in [0.5, 0.6) is 5.75 Å². The lowest BCUT2D eigenvalue weighted by atomic mass is 9.99. The predicted molar refractivity (Wildman–Crippen MR) is 166 cm³/mol. The predicted octanol–water partition coefficient (Wildman–Crippen LogP) is 2.88. The van der Waals surface area contributed by atoms with Gasteiger partial charge in [0.15, 0.2) is 0 Å². The molecule has 0 aliphatic carbocycles. The number of ether oxygens (including phenoxy) is 3. The highest BCUT2D eigenvalue weighted by atomic mass is 35.5. The molecule has 236 valence electrons. The van der Waals surface area contributed by atoms with Gasteiger partial charge in [0, 0.05) is 44.2 Å². The Bertz CT molecular complexity index is 1350. The largest absolute Gasteiger partial charge is 0.495 e. The zero-order valence-electron chi connectivity index (χ0n) is 25.2. The normalized spacial score (nSPS) is 23.7. The Morgan fingerprint density at radius 2 is 1.89 bits per heavy atom. The molecule has 0 spiro atoms. The number of halogens is 1. The third-order valence-electron chi connectivity index (χ3n) is 6.97. The number of carbonyl (C=O) groups excluding carboxylic acids is 4. The molecule has 2 amide bonds. The van der Waals surface area contributed by atoms with Crippen molar-refractivity contribution in [2.45, 2.75) is 44.9 Å². The van der Waals surface area contributed by atoms with Crippen molar-refractivity contribution < 1.29 is 33.4 Å². The molecule has 0 bridgehead atoms. The van der Waals surface area contributed by atoms with E-state index in [-0.39, 0.29) is 31.8 Å². The summed E-state index contributed by atoms with van der Waals surface area (Å²) in [6.45, 7) is 3.40. The number of rotatable bonds is 8. The van der Waals surface area contributed by atoms with Crippen LogP contribution >= 0.6 is 11.6 Å². The molecule has 5 atom stereocenters. The molecule has 1 aliphatic heterocycles. The van der Waals surface area contributed by atoms with Gasteiger partial charge in [-0.3, -0.25) is 19.4 Å². The zero-order chi connectivity index (χ0) is 32.1. The molecular formula is C32H39ClN4O7. The van der Waals surface area contributed by atoms with Gasteiger partial charge in [-0.15, -0.1) is 0 Å². The highest BCUT2D eigenvalue weighted by Gasteiger charge is 2.31. The second kappa shape index (κ2) is 17.2. The van der Waals surface area contributed by atoms with Gasteiger partial charge in [-0.1, -0.05) is 49.7 Å². The van der Waals surface area contributed by atoms with Crippen LogP contribution in [0.25, 0.3) is 6.08 Å². The van der Waals surface area contributed by atoms with Gasteiger partial charge in [-0.25, -0.2) is 4.79 Å². The molecule has 0 radical (unpaired) electrons. The second-order valence-corrected chi connectivity index (χ2v) is 10.9. The topological polar surface area (TPSA) is 145 Å². The van der Waals surface area contributed by atoms with Crippen molar-refractivity contribution in [1.29, 1.82) is 0 Å². The van der Waals surface area contributed by atoms with Crippen LogP contribution in [0.4, 0.5) is 0 Å². The van der Waals surface area contributed by atoms with Gasteiger partial charge in [0.2, 0.25) is 17.9 Å². The summed E-state index contributed by atoms with van der Waals surface area (Å²) >= 11 is 6.27. The van der Waals surface area contributed by atoms with Crippen LogP contribution in [-0.2, 0) is 35.1 Å². The number of amides is 2. The van der Waals surface area contributed by atoms with Gasteiger partial charge >= 0.3 is 11.9 Å². The first-order chi connectivity index (χ1) is 21.1. The Morgan fingerprint density at radius 1 is 1.14 bits per heavy atom. The lowest BCUT2D eigenvalue weighted by Crippen LogP contribution is -2.49. The Hall–Kier alpha value is -4.22. The molecule has 1 aromatic carbocycles. The lowest BCUT2D eigenvalue weighted by molar-refractivity contribution is -0.174. The van der Waals surface area contributed by atoms with Gasteiger partial charge in [-0.05, 0) is 48.5 Å². The number of esters is 2. The van der Waals surface area contributed by atoms with Crippen molar-refractivity contribution >= 4 is 41.4 Å². The van der Waals surface area contributed by atoms with Gasteiger partial charge in [0.05, 0.1) is 18.1 Å². The fourth-order valence-corrected chi connectivity index (χ4v) is 4.62. The number of hydrogen-bond donors (Lipinski definition) is 3. The molecule has 11 nitrogen and oxygen atoms in total. The third-order valence-corrected chi connectivity index (χ3v) is 7.27. The summed E-state index contributed by atoms with van der Waals surface area (Å²) in [6, 6.07) is 7.80. The van der Waals surface area contributed by atoms with Gasteiger partial charge in [0.1, 0.15) is 17.9 Å². The molecule has 0 saturated heterocycles. The van der Waals surface area contributed by atoms with Crippen molar-refractivity contribution in [2.24, 2.45) is 11.8 Å². The molecule has 0 unspecified atom stereocenters. The van der Waals surface area contributed by atoms with E-state index >= 15 is 0 Å². The summed E-state index contributed by atoms with van der Waals surface area (Å²) < 4.78 is 16.6. The maximum absolute atomic E-state index is 13.2. The van der Waals surface area contributed by atoms with Gasteiger partial charge in [-0.2, -0.15) is 0 Å². The van der Waals surface area contributed by atoms with Crippen LogP contribution in [-0.4, -0.2) is 74.2 Å². The number of nitrogens with zero attached hydrogens (tertiary/aromatic N) is 1. The lowest BCUT2D eigenvalue weighted by Gasteiger charge is -2.25. The van der Waals surface area contributed by atoms with E-state index in [0.29, 0.717) is 16.3 Å². The summed E-state index contributed by atoms with van der Waals surface area (Å²) in [5.74, 6) is -2.99. The molecule has 1 aliphatic rings. The summed E-state index contributed by atoms with van der Waals surface area (Å²) in [6.07, 6.45) is 8.43. The first-order valence-corrected chi connectivity index (χ1v) is 14.7. The maximum atomic E-state index is 13.2. The Balaban J connectivity index is 1.88. The van der Waals surface area contributed by atoms with Crippen LogP contribution in [0.1, 0.15) is 31.4 Å². The van der Waals surface area contributed by atoms with Gasteiger partial charge in [0.25, 0.3) is 0 Å². The average molecular weight is 627 g/mol. The Kier molecular flexibility index (Phi) is 13.4. The van der Waals surface area contributed by atoms with Gasteiger partial charge < -0.3 is 30.2 Å². The van der Waals surface area contributed by atoms with Crippen molar-refractivity contribution in [1.82, 2.24) is 20.9 Å². The molecule has 3 rings (SSSR count). The van der Waals surface area contributed by atoms with Crippen molar-refractivity contribution in [3.8, 4) is 5.75 Å². The van der Waals surface area contributed by atoms with E-state index in [1.807, 2.05) is 31.2 Å². The minimum absolute atomic E-state index is 0.0301. The number of pyridine rings is 1. The van der Waals surface area contributed by atoms with E-state index in [2.05, 4.69) is 20.9 Å². The number of nitrogens with one attached hydrogen (secondary N) is 3. The van der Waals surface area contributed by atoms with Crippen LogP contribution in [0.15, 0.2) is 61.0 Å². The van der Waals surface area contributed by atoms with Crippen LogP contribution in [0.3, 0.4) is 0 Å². The van der Waals surface area contributed by atoms with E-state index in [4.69, 9.17) is 25.8 Å². The fourth-order valence-electron chi connectivity index (χ4n) is 4.34. The number of hydrogen-bond acceptors (Lipinski definition) is 9. The highest BCUT2D eigenvalue weighted by molar-refractivity contribution is 6.32. The molecule has 0 saturated carbocycles. The van der Waals surface area contributed by atoms with Crippen LogP contribution in [0, 0.1) is 11.8 Å². The molecule has 0 fully saturated rings. The smallest absolute Gasteiger partial charge is 0.349 e. The Labute approximate surface area is 262 Å². The molecule has 2 heterocycles. The number of methoxy groups -OCH3 is 1. The summed E-state index contributed by atoms with van der Waals surface area (Å²) in [5, 5.41) is 8.64. The minimum Gasteiger partial charge on any atom is -0.495 e. The van der Waals surface area contributed by atoms with E-state index in [9.17, 15) is 19.2 Å². The SMILES string of the molecule is CNC[C@@H]1OC(=O)[C@H](C)CNC(=O)[C@@H](Cc2ccc(OC)c(Cl)c2)NC(=O)/C=C/C[C@@H]([C@H](C)/C=C/c2ccncc2)OC1=O. The number of cyclic esters (lactones) is 2. The van der Waals surface area contributed by atoms with E-state index < -0.39 is 47.9 Å². The second-order valence-electron chi connectivity index (χ2n) is 10.5. The third kappa shape index (κ3) is 10.5. The standard InChI is InChI=1S/C32H39ClN4O7/c1-20(8-9-22-12-14-35-15-13-22)26-6-5-7-29(38)37-25(17-23-10-11-27(42-4)24(33)16-23)30(39)36-18-21(2)31(40)44-28(19-34-3)32(41)43-26/h5,7-16,20-21,25-26,28,34H,6,17-19H2,1-4H3,(H,36,39)(H,37,38)/b7-5+,9-8+/t20-,21-,25-,26+,28+/m1/s1. The zero-order valence-corrected chi connectivity index (χ0v) is 26.0.